The molecule has 0 saturated carbocycles. The van der Waals surface area contributed by atoms with Crippen molar-refractivity contribution in [1.29, 1.82) is 0 Å². The number of aromatic nitrogens is 2. The Morgan fingerprint density at radius 2 is 2.20 bits per heavy atom. The van der Waals surface area contributed by atoms with E-state index in [0.29, 0.717) is 25.6 Å². The monoisotopic (exact) mass is 310 g/mol. The molecule has 2 heterocycles. The Labute approximate surface area is 111 Å². The van der Waals surface area contributed by atoms with Gasteiger partial charge < -0.3 is 14.5 Å². The van der Waals surface area contributed by atoms with E-state index < -0.39 is 37.8 Å². The predicted octanol–water partition coefficient (Wildman–Crippen LogP) is -0.475. The highest BCUT2D eigenvalue weighted by molar-refractivity contribution is 7.46. The van der Waals surface area contributed by atoms with Gasteiger partial charge in [-0.15, -0.1) is 0 Å². The molecule has 1 atom stereocenters. The minimum absolute atomic E-state index is 0.260. The second-order valence-corrected chi connectivity index (χ2v) is 5.36. The lowest BCUT2D eigenvalue weighted by Gasteiger charge is -2.15. The number of phosphoric ester groups is 1. The van der Waals surface area contributed by atoms with E-state index in [1.807, 2.05) is 0 Å². The van der Waals surface area contributed by atoms with Gasteiger partial charge in [0.1, 0.15) is 13.0 Å². The molecule has 0 bridgehead atoms. The lowest BCUT2D eigenvalue weighted by atomic mass is 10.3. The molecule has 0 unspecified atom stereocenters. The molecule has 11 heteroatoms. The molecule has 0 aromatic carbocycles. The summed E-state index contributed by atoms with van der Waals surface area (Å²) >= 11 is 0. The van der Waals surface area contributed by atoms with Gasteiger partial charge in [0.2, 0.25) is 5.82 Å². The summed E-state index contributed by atoms with van der Waals surface area (Å²) in [4.78, 5) is 40.6. The number of phosphoric acid groups is 1. The summed E-state index contributed by atoms with van der Waals surface area (Å²) in [6.45, 7) is -0.650. The molecule has 1 aromatic heterocycles. The molecule has 2 rings (SSSR count). The van der Waals surface area contributed by atoms with E-state index in [-0.39, 0.29) is 4.57 Å². The van der Waals surface area contributed by atoms with Crippen molar-refractivity contribution in [2.24, 2.45) is 0 Å². The van der Waals surface area contributed by atoms with Gasteiger partial charge in [-0.05, 0) is 12.8 Å². The minimum atomic E-state index is -4.89. The van der Waals surface area contributed by atoms with Gasteiger partial charge >= 0.3 is 13.5 Å². The zero-order valence-corrected chi connectivity index (χ0v) is 11.0. The fourth-order valence-corrected chi connectivity index (χ4v) is 2.09. The van der Waals surface area contributed by atoms with Gasteiger partial charge in [-0.25, -0.2) is 13.9 Å². The third-order valence-corrected chi connectivity index (χ3v) is 3.18. The quantitative estimate of drug-likeness (QED) is 0.721. The molecule has 1 fully saturated rings. The summed E-state index contributed by atoms with van der Waals surface area (Å²) < 4.78 is 34.5. The first-order valence-corrected chi connectivity index (χ1v) is 7.16. The van der Waals surface area contributed by atoms with Crippen LogP contribution in [0.5, 0.6) is 0 Å². The Morgan fingerprint density at radius 3 is 2.75 bits per heavy atom. The molecular formula is C9H12FN2O7P. The number of ether oxygens (including phenoxy) is 1. The fourth-order valence-electron chi connectivity index (χ4n) is 1.82. The van der Waals surface area contributed by atoms with Gasteiger partial charge in [0.25, 0.3) is 5.56 Å². The summed E-state index contributed by atoms with van der Waals surface area (Å²) in [6.07, 6.45) is 1.15. The minimum Gasteiger partial charge on any atom is -0.358 e. The SMILES string of the molecule is O=c1c(F)cn([C@H]2CCCO2)c(=O)n1COP(=O)(O)O. The standard InChI is InChI=1S/C9H12FN2O7P/c10-6-4-11(7-2-1-3-18-7)9(14)12(8(6)13)5-19-20(15,16)17/h4,7H,1-3,5H2,(H2,15,16,17)/t7-/m1/s1. The lowest BCUT2D eigenvalue weighted by molar-refractivity contribution is 0.0481. The fraction of sp³-hybridized carbons (Fsp3) is 0.556. The summed E-state index contributed by atoms with van der Waals surface area (Å²) in [7, 11) is -4.89. The normalized spacial score (nSPS) is 19.4. The van der Waals surface area contributed by atoms with Gasteiger partial charge in [0.15, 0.2) is 0 Å². The average molecular weight is 310 g/mol. The highest BCUT2D eigenvalue weighted by Gasteiger charge is 2.23. The lowest BCUT2D eigenvalue weighted by Crippen LogP contribution is -2.42. The van der Waals surface area contributed by atoms with Gasteiger partial charge in [0.05, 0.1) is 6.20 Å². The molecule has 2 N–H and O–H groups in total. The molecular weight excluding hydrogens is 298 g/mol. The third kappa shape index (κ3) is 3.22. The molecule has 1 saturated heterocycles. The second-order valence-electron chi connectivity index (χ2n) is 4.12. The van der Waals surface area contributed by atoms with Crippen LogP contribution in [-0.2, 0) is 20.6 Å². The van der Waals surface area contributed by atoms with E-state index in [9.17, 15) is 18.5 Å². The first-order valence-electron chi connectivity index (χ1n) is 5.63. The van der Waals surface area contributed by atoms with Crippen LogP contribution in [0.2, 0.25) is 0 Å². The molecule has 0 amide bonds. The van der Waals surface area contributed by atoms with Crippen LogP contribution >= 0.6 is 7.82 Å². The highest BCUT2D eigenvalue weighted by Crippen LogP contribution is 2.35. The van der Waals surface area contributed by atoms with Gasteiger partial charge in [0, 0.05) is 6.61 Å². The van der Waals surface area contributed by atoms with Crippen LogP contribution in [0.1, 0.15) is 19.1 Å². The number of nitrogens with zero attached hydrogens (tertiary/aromatic N) is 2. The molecule has 112 valence electrons. The number of hydrogen-bond donors (Lipinski definition) is 2. The van der Waals surface area contributed by atoms with Crippen molar-refractivity contribution < 1.29 is 28.0 Å². The van der Waals surface area contributed by atoms with E-state index in [0.717, 1.165) is 4.57 Å². The predicted molar refractivity (Wildman–Crippen MR) is 62.3 cm³/mol. The van der Waals surface area contributed by atoms with Crippen molar-refractivity contribution in [2.75, 3.05) is 6.61 Å². The summed E-state index contributed by atoms with van der Waals surface area (Å²) in [6, 6.07) is 0. The first kappa shape index (κ1) is 15.1. The Morgan fingerprint density at radius 1 is 1.50 bits per heavy atom. The van der Waals surface area contributed by atoms with E-state index in [2.05, 4.69) is 4.52 Å². The maximum absolute atomic E-state index is 13.5. The van der Waals surface area contributed by atoms with E-state index in [1.165, 1.54) is 0 Å². The van der Waals surface area contributed by atoms with Crippen molar-refractivity contribution in [3.8, 4) is 0 Å². The van der Waals surface area contributed by atoms with E-state index >= 15 is 0 Å². The van der Waals surface area contributed by atoms with Crippen molar-refractivity contribution >= 4 is 7.82 Å². The highest BCUT2D eigenvalue weighted by atomic mass is 31.2. The van der Waals surface area contributed by atoms with Crippen molar-refractivity contribution in [1.82, 2.24) is 9.13 Å². The topological polar surface area (TPSA) is 120 Å². The Kier molecular flexibility index (Phi) is 4.21. The number of hydrogen-bond acceptors (Lipinski definition) is 5. The van der Waals surface area contributed by atoms with E-state index in [1.54, 1.807) is 0 Å². The van der Waals surface area contributed by atoms with Gasteiger partial charge in [-0.1, -0.05) is 0 Å². The molecule has 9 nitrogen and oxygen atoms in total. The van der Waals surface area contributed by atoms with Crippen molar-refractivity contribution in [3.63, 3.8) is 0 Å². The zero-order chi connectivity index (χ0) is 14.9. The molecule has 1 aliphatic heterocycles. The van der Waals surface area contributed by atoms with Crippen LogP contribution in [0.25, 0.3) is 0 Å². The van der Waals surface area contributed by atoms with Crippen molar-refractivity contribution in [3.05, 3.63) is 32.9 Å². The molecule has 0 aliphatic carbocycles. The van der Waals surface area contributed by atoms with Crippen LogP contribution in [0.4, 0.5) is 4.39 Å². The van der Waals surface area contributed by atoms with Crippen LogP contribution in [0.15, 0.2) is 15.8 Å². The van der Waals surface area contributed by atoms with Crippen LogP contribution in [-0.4, -0.2) is 25.5 Å². The number of halogens is 1. The maximum atomic E-state index is 13.5. The van der Waals surface area contributed by atoms with Gasteiger partial charge in [-0.2, -0.15) is 4.39 Å². The molecule has 1 aliphatic rings. The van der Waals surface area contributed by atoms with Gasteiger partial charge in [-0.3, -0.25) is 13.9 Å². The molecule has 0 radical (unpaired) electrons. The smallest absolute Gasteiger partial charge is 0.358 e. The zero-order valence-electron chi connectivity index (χ0n) is 10.1. The number of rotatable bonds is 4. The van der Waals surface area contributed by atoms with E-state index in [4.69, 9.17) is 14.5 Å². The summed E-state index contributed by atoms with van der Waals surface area (Å²) in [5.74, 6) is -1.24. The summed E-state index contributed by atoms with van der Waals surface area (Å²) in [5.41, 5.74) is -2.28. The second kappa shape index (κ2) is 5.58. The Hall–Kier alpha value is -1.32. The molecule has 1 aromatic rings. The average Bonchev–Trinajstić information content (AvgIpc) is 2.86. The summed E-state index contributed by atoms with van der Waals surface area (Å²) in [5, 5.41) is 0. The maximum Gasteiger partial charge on any atom is 0.471 e. The third-order valence-electron chi connectivity index (χ3n) is 2.72. The Bertz CT molecular complexity index is 657. The van der Waals surface area contributed by atoms with Crippen LogP contribution in [0, 0.1) is 5.82 Å². The first-order chi connectivity index (χ1) is 9.29. The largest absolute Gasteiger partial charge is 0.471 e. The molecule has 20 heavy (non-hydrogen) atoms. The van der Waals surface area contributed by atoms with Crippen molar-refractivity contribution in [2.45, 2.75) is 25.8 Å². The van der Waals surface area contributed by atoms with Crippen LogP contribution in [0.3, 0.4) is 0 Å². The molecule has 0 spiro atoms. The Balaban J connectivity index is 2.42. The van der Waals surface area contributed by atoms with Crippen LogP contribution < -0.4 is 11.2 Å².